The minimum Gasteiger partial charge on any atom is -0.488 e. The molecule has 1 aromatic carbocycles. The van der Waals surface area contributed by atoms with E-state index in [1.165, 1.54) is 34.9 Å². The lowest BCUT2D eigenvalue weighted by molar-refractivity contribution is -0.860. The van der Waals surface area contributed by atoms with Crippen molar-refractivity contribution in [2.24, 2.45) is 0 Å². The van der Waals surface area contributed by atoms with Crippen molar-refractivity contribution in [3.8, 4) is 5.75 Å². The molecule has 0 saturated heterocycles. The lowest BCUT2D eigenvalue weighted by Gasteiger charge is -2.07. The second-order valence-corrected chi connectivity index (χ2v) is 6.64. The fraction of sp³-hybridized carbons (Fsp3) is 0.412. The maximum absolute atomic E-state index is 5.77. The van der Waals surface area contributed by atoms with Gasteiger partial charge in [-0.3, -0.25) is 0 Å². The van der Waals surface area contributed by atoms with Crippen LogP contribution in [0.15, 0.2) is 41.8 Å². The van der Waals surface area contributed by atoms with E-state index in [2.05, 4.69) is 61.2 Å². The Morgan fingerprint density at radius 3 is 2.62 bits per heavy atom. The molecular weight excluding hydrogens is 280 g/mol. The highest BCUT2D eigenvalue weighted by atomic mass is 32.1. The summed E-state index contributed by atoms with van der Waals surface area (Å²) in [6.45, 7) is 4.15. The van der Waals surface area contributed by atoms with Gasteiger partial charge in [-0.25, -0.2) is 0 Å². The molecule has 0 atom stereocenters. The predicted octanol–water partition coefficient (Wildman–Crippen LogP) is 0.925. The zero-order valence-corrected chi connectivity index (χ0v) is 13.8. The second kappa shape index (κ2) is 8.82. The molecule has 0 spiro atoms. The summed E-state index contributed by atoms with van der Waals surface area (Å²) in [6.07, 6.45) is 1.27. The molecule has 1 aromatic heterocycles. The monoisotopic (exact) mass is 306 g/mol. The third kappa shape index (κ3) is 6.29. The third-order valence-electron chi connectivity index (χ3n) is 3.35. The van der Waals surface area contributed by atoms with Crippen LogP contribution in [-0.2, 0) is 13.2 Å². The van der Waals surface area contributed by atoms with Crippen molar-refractivity contribution in [3.63, 3.8) is 0 Å². The smallest absolute Gasteiger partial charge is 0.122 e. The van der Waals surface area contributed by atoms with Gasteiger partial charge in [0.15, 0.2) is 0 Å². The van der Waals surface area contributed by atoms with Gasteiger partial charge in [0.1, 0.15) is 18.9 Å². The first kappa shape index (κ1) is 16.0. The number of hydrogen-bond donors (Lipinski definition) is 2. The van der Waals surface area contributed by atoms with Gasteiger partial charge >= 0.3 is 0 Å². The van der Waals surface area contributed by atoms with Crippen molar-refractivity contribution in [1.82, 2.24) is 0 Å². The van der Waals surface area contributed by atoms with Crippen LogP contribution in [0.3, 0.4) is 0 Å². The average molecular weight is 306 g/mol. The van der Waals surface area contributed by atoms with Gasteiger partial charge in [0.05, 0.1) is 27.2 Å². The highest BCUT2D eigenvalue weighted by Crippen LogP contribution is 2.16. The van der Waals surface area contributed by atoms with Crippen LogP contribution in [0.25, 0.3) is 0 Å². The van der Waals surface area contributed by atoms with E-state index in [4.69, 9.17) is 4.74 Å². The molecule has 4 heteroatoms. The van der Waals surface area contributed by atoms with Crippen molar-refractivity contribution in [2.75, 3.05) is 27.2 Å². The summed E-state index contributed by atoms with van der Waals surface area (Å²) >= 11 is 1.73. The van der Waals surface area contributed by atoms with Crippen LogP contribution in [0.5, 0.6) is 5.75 Å². The summed E-state index contributed by atoms with van der Waals surface area (Å²) in [4.78, 5) is 2.78. The van der Waals surface area contributed by atoms with E-state index in [0.29, 0.717) is 6.61 Å². The number of nitrogens with two attached hydrogens (primary N) is 1. The fourth-order valence-electron chi connectivity index (χ4n) is 2.14. The van der Waals surface area contributed by atoms with Gasteiger partial charge in [-0.2, -0.15) is 0 Å². The minimum absolute atomic E-state index is 0.663. The summed E-state index contributed by atoms with van der Waals surface area (Å²) in [5.41, 5.74) is 1.36. The molecule has 0 radical (unpaired) electrons. The molecule has 0 amide bonds. The van der Waals surface area contributed by atoms with E-state index in [1.54, 1.807) is 11.3 Å². The van der Waals surface area contributed by atoms with E-state index in [0.717, 1.165) is 12.3 Å². The van der Waals surface area contributed by atoms with Crippen LogP contribution in [-0.4, -0.2) is 27.2 Å². The van der Waals surface area contributed by atoms with Crippen LogP contribution < -0.4 is 15.0 Å². The van der Waals surface area contributed by atoms with Gasteiger partial charge < -0.3 is 15.0 Å². The maximum atomic E-state index is 5.77. The number of hydrogen-bond acceptors (Lipinski definition) is 2. The summed E-state index contributed by atoms with van der Waals surface area (Å²) in [7, 11) is 4.41. The molecule has 0 saturated carbocycles. The van der Waals surface area contributed by atoms with Crippen LogP contribution in [0.2, 0.25) is 0 Å². The molecule has 0 unspecified atom stereocenters. The third-order valence-corrected chi connectivity index (χ3v) is 4.20. The molecule has 2 aromatic rings. The summed E-state index contributed by atoms with van der Waals surface area (Å²) < 4.78 is 5.77. The number of benzene rings is 1. The van der Waals surface area contributed by atoms with E-state index < -0.39 is 0 Å². The first-order valence-corrected chi connectivity index (χ1v) is 8.47. The lowest BCUT2D eigenvalue weighted by Crippen LogP contribution is -3.06. The predicted molar refractivity (Wildman–Crippen MR) is 87.9 cm³/mol. The summed E-state index contributed by atoms with van der Waals surface area (Å²) in [6, 6.07) is 12.6. The van der Waals surface area contributed by atoms with Crippen LogP contribution in [0.4, 0.5) is 0 Å². The highest BCUT2D eigenvalue weighted by Gasteiger charge is 2.00. The van der Waals surface area contributed by atoms with E-state index in [1.807, 2.05) is 0 Å². The number of ether oxygens (including phenoxy) is 1. The van der Waals surface area contributed by atoms with Gasteiger partial charge in [-0.1, -0.05) is 6.07 Å². The molecule has 3 N–H and O–H groups in total. The second-order valence-electron chi connectivity index (χ2n) is 5.60. The first-order valence-electron chi connectivity index (χ1n) is 7.59. The molecule has 0 aliphatic rings. The Morgan fingerprint density at radius 1 is 1.14 bits per heavy atom. The van der Waals surface area contributed by atoms with Crippen LogP contribution in [0, 0.1) is 0 Å². The Labute approximate surface area is 131 Å². The summed E-state index contributed by atoms with van der Waals surface area (Å²) in [5, 5.41) is 4.46. The van der Waals surface area contributed by atoms with Crippen molar-refractivity contribution in [1.29, 1.82) is 0 Å². The average Bonchev–Trinajstić information content (AvgIpc) is 2.99. The van der Waals surface area contributed by atoms with Crippen LogP contribution in [0.1, 0.15) is 16.9 Å². The number of quaternary nitrogens is 2. The molecule has 0 fully saturated rings. The molecule has 3 nitrogen and oxygen atoms in total. The molecule has 114 valence electrons. The Bertz CT molecular complexity index is 494. The molecule has 2 rings (SSSR count). The zero-order valence-electron chi connectivity index (χ0n) is 13.0. The Hall–Kier alpha value is -1.36. The van der Waals surface area contributed by atoms with Crippen molar-refractivity contribution in [3.05, 3.63) is 52.2 Å². The van der Waals surface area contributed by atoms with Crippen molar-refractivity contribution in [2.45, 2.75) is 19.6 Å². The Morgan fingerprint density at radius 2 is 1.95 bits per heavy atom. The number of nitrogens with one attached hydrogen (secondary N) is 1. The van der Waals surface area contributed by atoms with Gasteiger partial charge in [-0.05, 0) is 35.7 Å². The van der Waals surface area contributed by atoms with Crippen LogP contribution >= 0.6 is 11.3 Å². The number of thiophene rings is 1. The zero-order chi connectivity index (χ0) is 14.9. The van der Waals surface area contributed by atoms with Gasteiger partial charge in [0, 0.05) is 16.9 Å². The quantitative estimate of drug-likeness (QED) is 0.663. The lowest BCUT2D eigenvalue weighted by atomic mass is 10.2. The first-order chi connectivity index (χ1) is 10.2. The molecule has 0 aliphatic heterocycles. The fourth-order valence-corrected chi connectivity index (χ4v) is 2.76. The van der Waals surface area contributed by atoms with Gasteiger partial charge in [-0.15, -0.1) is 11.3 Å². The van der Waals surface area contributed by atoms with Crippen molar-refractivity contribution < 1.29 is 15.0 Å². The minimum atomic E-state index is 0.663. The number of rotatable bonds is 9. The van der Waals surface area contributed by atoms with Gasteiger partial charge in [0.2, 0.25) is 0 Å². The Balaban J connectivity index is 1.67. The molecular formula is C17H26N2OS+2. The standard InChI is InChI=1S/C17H24N2OS/c1-19(2)11-4-10-18-13-15-6-8-16(9-7-15)20-14-17-5-3-12-21-17/h3,5-9,12,18H,4,10-11,13-14H2,1-2H3/p+2. The maximum Gasteiger partial charge on any atom is 0.122 e. The van der Waals surface area contributed by atoms with E-state index >= 15 is 0 Å². The molecule has 0 aliphatic carbocycles. The summed E-state index contributed by atoms with van der Waals surface area (Å²) in [5.74, 6) is 0.948. The normalized spacial score (nSPS) is 11.0. The molecule has 21 heavy (non-hydrogen) atoms. The molecule has 1 heterocycles. The van der Waals surface area contributed by atoms with Gasteiger partial charge in [0.25, 0.3) is 0 Å². The SMILES string of the molecule is C[NH+](C)CCC[NH2+]Cc1ccc(OCc2cccs2)cc1. The van der Waals surface area contributed by atoms with E-state index in [-0.39, 0.29) is 0 Å². The molecule has 0 bridgehead atoms. The van der Waals surface area contributed by atoms with Crippen molar-refractivity contribution >= 4 is 11.3 Å². The Kier molecular flexibility index (Phi) is 6.73. The largest absolute Gasteiger partial charge is 0.488 e. The topological polar surface area (TPSA) is 30.3 Å². The van der Waals surface area contributed by atoms with E-state index in [9.17, 15) is 0 Å². The highest BCUT2D eigenvalue weighted by molar-refractivity contribution is 7.09.